The van der Waals surface area contributed by atoms with Crippen molar-refractivity contribution in [2.24, 2.45) is 11.7 Å². The van der Waals surface area contributed by atoms with Crippen LogP contribution in [-0.2, 0) is 12.8 Å². The Morgan fingerprint density at radius 1 is 1.32 bits per heavy atom. The van der Waals surface area contributed by atoms with Crippen molar-refractivity contribution in [1.82, 2.24) is 5.32 Å². The van der Waals surface area contributed by atoms with Crippen LogP contribution in [0.5, 0.6) is 0 Å². The molecule has 1 amide bonds. The van der Waals surface area contributed by atoms with Crippen molar-refractivity contribution in [2.75, 3.05) is 0 Å². The molecule has 0 spiro atoms. The van der Waals surface area contributed by atoms with Gasteiger partial charge in [-0.2, -0.15) is 0 Å². The number of hydrogen-bond donors (Lipinski definition) is 2. The number of benzene rings is 1. The molecule has 100 valence electrons. The van der Waals surface area contributed by atoms with E-state index in [1.807, 2.05) is 12.1 Å². The summed E-state index contributed by atoms with van der Waals surface area (Å²) >= 11 is 5.04. The number of aryl methyl sites for hydroxylation is 2. The number of hydrogen-bond acceptors (Lipinski definition) is 2. The molecule has 0 radical (unpaired) electrons. The fraction of sp³-hybridized carbons (Fsp3) is 0.467. The molecule has 4 heteroatoms. The Balaban J connectivity index is 1.74. The molecule has 3 nitrogen and oxygen atoms in total. The van der Waals surface area contributed by atoms with Crippen LogP contribution >= 0.6 is 12.2 Å². The van der Waals surface area contributed by atoms with Gasteiger partial charge in [-0.25, -0.2) is 0 Å². The predicted molar refractivity (Wildman–Crippen MR) is 79.2 cm³/mol. The minimum Gasteiger partial charge on any atom is -0.392 e. The van der Waals surface area contributed by atoms with E-state index in [0.29, 0.717) is 10.9 Å². The Labute approximate surface area is 118 Å². The summed E-state index contributed by atoms with van der Waals surface area (Å²) in [5.41, 5.74) is 9.13. The molecule has 0 aliphatic heterocycles. The second kappa shape index (κ2) is 4.93. The largest absolute Gasteiger partial charge is 0.392 e. The summed E-state index contributed by atoms with van der Waals surface area (Å²) in [5, 5.41) is 2.98. The molecule has 19 heavy (non-hydrogen) atoms. The van der Waals surface area contributed by atoms with Crippen LogP contribution in [0.1, 0.15) is 40.7 Å². The molecule has 1 aromatic rings. The van der Waals surface area contributed by atoms with Gasteiger partial charge in [0.2, 0.25) is 0 Å². The number of carbonyl (C=O) groups excluding carboxylic acids is 1. The van der Waals surface area contributed by atoms with Crippen molar-refractivity contribution in [3.63, 3.8) is 0 Å². The molecule has 0 bridgehead atoms. The van der Waals surface area contributed by atoms with E-state index in [1.165, 1.54) is 17.5 Å². The maximum atomic E-state index is 12.3. The fourth-order valence-corrected chi connectivity index (χ4v) is 3.04. The summed E-state index contributed by atoms with van der Waals surface area (Å²) < 4.78 is 0. The lowest BCUT2D eigenvalue weighted by Gasteiger charge is -2.17. The van der Waals surface area contributed by atoms with Crippen LogP contribution in [0.2, 0.25) is 0 Å². The van der Waals surface area contributed by atoms with E-state index < -0.39 is 0 Å². The van der Waals surface area contributed by atoms with E-state index in [1.54, 1.807) is 0 Å². The zero-order valence-electron chi connectivity index (χ0n) is 10.8. The van der Waals surface area contributed by atoms with Gasteiger partial charge in [0.25, 0.3) is 5.91 Å². The van der Waals surface area contributed by atoms with Gasteiger partial charge >= 0.3 is 0 Å². The van der Waals surface area contributed by atoms with Crippen LogP contribution in [0.3, 0.4) is 0 Å². The Hall–Kier alpha value is -1.42. The summed E-state index contributed by atoms with van der Waals surface area (Å²) in [6.07, 6.45) is 5.61. The minimum atomic E-state index is -0.143. The van der Waals surface area contributed by atoms with Crippen molar-refractivity contribution < 1.29 is 4.79 Å². The Morgan fingerprint density at radius 3 is 2.74 bits per heavy atom. The fourth-order valence-electron chi connectivity index (χ4n) is 2.79. The summed E-state index contributed by atoms with van der Waals surface area (Å²) in [6.45, 7) is 0. The molecule has 1 fully saturated rings. The van der Waals surface area contributed by atoms with E-state index >= 15 is 0 Å². The molecule has 1 unspecified atom stereocenters. The lowest BCUT2D eigenvalue weighted by atomic mass is 10.1. The van der Waals surface area contributed by atoms with E-state index in [4.69, 9.17) is 18.0 Å². The zero-order chi connectivity index (χ0) is 13.4. The summed E-state index contributed by atoms with van der Waals surface area (Å²) in [6, 6.07) is 5.85. The molecule has 3 N–H and O–H groups in total. The van der Waals surface area contributed by atoms with Gasteiger partial charge in [0.05, 0.1) is 11.0 Å². The first-order chi connectivity index (χ1) is 9.15. The van der Waals surface area contributed by atoms with E-state index in [2.05, 4.69) is 11.4 Å². The highest BCUT2D eigenvalue weighted by molar-refractivity contribution is 7.80. The van der Waals surface area contributed by atoms with Gasteiger partial charge in [0.1, 0.15) is 0 Å². The number of amides is 1. The molecule has 3 rings (SSSR count). The van der Waals surface area contributed by atoms with Crippen molar-refractivity contribution >= 4 is 23.1 Å². The SMILES string of the molecule is NC(=S)C(NC(=O)c1ccc2c(c1)CCC2)C1CC1. The second-order valence-electron chi connectivity index (χ2n) is 5.53. The van der Waals surface area contributed by atoms with Gasteiger partial charge in [-0.3, -0.25) is 4.79 Å². The molecule has 0 heterocycles. The molecule has 1 atom stereocenters. The number of fused-ring (bicyclic) bond motifs is 1. The van der Waals surface area contributed by atoms with Gasteiger partial charge in [-0.15, -0.1) is 0 Å². The van der Waals surface area contributed by atoms with Gasteiger partial charge in [0.15, 0.2) is 0 Å². The Morgan fingerprint density at radius 2 is 2.05 bits per heavy atom. The summed E-state index contributed by atoms with van der Waals surface area (Å²) in [5.74, 6) is 0.385. The third kappa shape index (κ3) is 2.63. The number of rotatable bonds is 4. The molecule has 2 aliphatic rings. The predicted octanol–water partition coefficient (Wildman–Crippen LogP) is 1.97. The second-order valence-corrected chi connectivity index (χ2v) is 6.00. The Bertz CT molecular complexity index is 537. The normalized spacial score (nSPS) is 18.7. The number of nitrogens with two attached hydrogens (primary N) is 1. The van der Waals surface area contributed by atoms with Crippen LogP contribution in [0.4, 0.5) is 0 Å². The Kier molecular flexibility index (Phi) is 3.27. The van der Waals surface area contributed by atoms with Crippen LogP contribution in [0.25, 0.3) is 0 Å². The highest BCUT2D eigenvalue weighted by atomic mass is 32.1. The van der Waals surface area contributed by atoms with E-state index in [9.17, 15) is 4.79 Å². The van der Waals surface area contributed by atoms with Crippen molar-refractivity contribution in [2.45, 2.75) is 38.1 Å². The average molecular weight is 274 g/mol. The van der Waals surface area contributed by atoms with Crippen LogP contribution in [0, 0.1) is 5.92 Å². The first-order valence-corrected chi connectivity index (χ1v) is 7.28. The van der Waals surface area contributed by atoms with E-state index in [0.717, 1.165) is 31.2 Å². The number of carbonyl (C=O) groups is 1. The van der Waals surface area contributed by atoms with Gasteiger partial charge in [-0.1, -0.05) is 18.3 Å². The van der Waals surface area contributed by atoms with Crippen LogP contribution < -0.4 is 11.1 Å². The summed E-state index contributed by atoms with van der Waals surface area (Å²) in [7, 11) is 0. The molecular formula is C15H18N2OS. The van der Waals surface area contributed by atoms with Crippen LogP contribution in [0.15, 0.2) is 18.2 Å². The van der Waals surface area contributed by atoms with E-state index in [-0.39, 0.29) is 11.9 Å². The first-order valence-electron chi connectivity index (χ1n) is 6.87. The van der Waals surface area contributed by atoms with Gasteiger partial charge in [0, 0.05) is 5.56 Å². The van der Waals surface area contributed by atoms with Gasteiger partial charge in [-0.05, 0) is 61.3 Å². The first kappa shape index (κ1) is 12.6. The molecule has 0 aromatic heterocycles. The zero-order valence-corrected chi connectivity index (χ0v) is 11.6. The van der Waals surface area contributed by atoms with Crippen molar-refractivity contribution in [1.29, 1.82) is 0 Å². The molecule has 0 saturated heterocycles. The highest BCUT2D eigenvalue weighted by Crippen LogP contribution is 2.33. The molecule has 1 aromatic carbocycles. The topological polar surface area (TPSA) is 55.1 Å². The lowest BCUT2D eigenvalue weighted by molar-refractivity contribution is 0.0943. The lowest BCUT2D eigenvalue weighted by Crippen LogP contribution is -2.45. The maximum absolute atomic E-state index is 12.3. The van der Waals surface area contributed by atoms with Crippen molar-refractivity contribution in [3.05, 3.63) is 34.9 Å². The molecular weight excluding hydrogens is 256 g/mol. The number of nitrogens with one attached hydrogen (secondary N) is 1. The smallest absolute Gasteiger partial charge is 0.251 e. The van der Waals surface area contributed by atoms with Crippen molar-refractivity contribution in [3.8, 4) is 0 Å². The third-order valence-electron chi connectivity index (χ3n) is 4.05. The minimum absolute atomic E-state index is 0.0561. The molecule has 2 aliphatic carbocycles. The standard InChI is InChI=1S/C15H18N2OS/c16-14(19)13(10-5-6-10)17-15(18)12-7-4-9-2-1-3-11(9)8-12/h4,7-8,10,13H,1-3,5-6H2,(H2,16,19)(H,17,18). The average Bonchev–Trinajstić information content (AvgIpc) is 3.11. The number of thiocarbonyl (C=S) groups is 1. The van der Waals surface area contributed by atoms with Gasteiger partial charge < -0.3 is 11.1 Å². The molecule has 1 saturated carbocycles. The van der Waals surface area contributed by atoms with Crippen LogP contribution in [-0.4, -0.2) is 16.9 Å². The third-order valence-corrected chi connectivity index (χ3v) is 4.30. The highest BCUT2D eigenvalue weighted by Gasteiger charge is 2.34. The maximum Gasteiger partial charge on any atom is 0.251 e. The monoisotopic (exact) mass is 274 g/mol. The summed E-state index contributed by atoms with van der Waals surface area (Å²) in [4.78, 5) is 12.7. The quantitative estimate of drug-likeness (QED) is 0.825.